The Morgan fingerprint density at radius 3 is 2.52 bits per heavy atom. The predicted molar refractivity (Wildman–Crippen MR) is 126 cm³/mol. The molecule has 2 heterocycles. The van der Waals surface area contributed by atoms with E-state index in [-0.39, 0.29) is 0 Å². The second-order valence-electron chi connectivity index (χ2n) is 8.16. The van der Waals surface area contributed by atoms with Gasteiger partial charge in [0.15, 0.2) is 11.6 Å². The van der Waals surface area contributed by atoms with Gasteiger partial charge in [-0.2, -0.15) is 0 Å². The molecule has 0 fully saturated rings. The zero-order valence-electron chi connectivity index (χ0n) is 18.3. The van der Waals surface area contributed by atoms with Crippen LogP contribution in [0.4, 0.5) is 5.82 Å². The van der Waals surface area contributed by atoms with Crippen LogP contribution < -0.4 is 16.2 Å². The molecule has 0 saturated heterocycles. The molecule has 0 amide bonds. The van der Waals surface area contributed by atoms with Crippen LogP contribution in [0, 0.1) is 11.8 Å². The highest BCUT2D eigenvalue weighted by Crippen LogP contribution is 2.33. The molecule has 5 N–H and O–H groups in total. The van der Waals surface area contributed by atoms with E-state index < -0.39 is 5.60 Å². The lowest BCUT2D eigenvalue weighted by atomic mass is 10.0. The molecule has 0 radical (unpaired) electrons. The van der Waals surface area contributed by atoms with E-state index in [0.29, 0.717) is 30.6 Å². The van der Waals surface area contributed by atoms with E-state index in [9.17, 15) is 5.11 Å². The third kappa shape index (κ3) is 6.28. The van der Waals surface area contributed by atoms with Gasteiger partial charge in [0.05, 0.1) is 9.88 Å². The van der Waals surface area contributed by atoms with Crippen LogP contribution in [0.1, 0.15) is 55.3 Å². The maximum atomic E-state index is 9.86. The van der Waals surface area contributed by atoms with Crippen molar-refractivity contribution >= 4 is 17.2 Å². The van der Waals surface area contributed by atoms with Gasteiger partial charge < -0.3 is 21.3 Å². The number of ether oxygens (including phenoxy) is 1. The lowest BCUT2D eigenvalue weighted by Gasteiger charge is -2.11. The number of hydrogen-bond acceptors (Lipinski definition) is 7. The monoisotopic (exact) mass is 436 g/mol. The number of anilines is 1. The number of nitrogens with two attached hydrogens (primary N) is 2. The van der Waals surface area contributed by atoms with E-state index in [4.69, 9.17) is 16.2 Å². The van der Waals surface area contributed by atoms with Gasteiger partial charge in [0.25, 0.3) is 0 Å². The topological polar surface area (TPSA) is 107 Å². The molecule has 0 unspecified atom stereocenters. The largest absolute Gasteiger partial charge is 0.485 e. The van der Waals surface area contributed by atoms with E-state index in [1.807, 2.05) is 30.5 Å². The quantitative estimate of drug-likeness (QED) is 0.503. The van der Waals surface area contributed by atoms with Gasteiger partial charge in [-0.25, -0.2) is 9.97 Å². The molecule has 31 heavy (non-hydrogen) atoms. The van der Waals surface area contributed by atoms with Crippen molar-refractivity contribution in [1.82, 2.24) is 9.97 Å². The van der Waals surface area contributed by atoms with Crippen molar-refractivity contribution in [2.75, 3.05) is 5.73 Å². The number of hydrogen-bond donors (Lipinski definition) is 3. The van der Waals surface area contributed by atoms with Crippen LogP contribution in [0.3, 0.4) is 0 Å². The molecule has 0 bridgehead atoms. The molecule has 1 aromatic carbocycles. The Morgan fingerprint density at radius 2 is 1.87 bits per heavy atom. The second-order valence-corrected chi connectivity index (χ2v) is 9.23. The van der Waals surface area contributed by atoms with Gasteiger partial charge >= 0.3 is 0 Å². The van der Waals surface area contributed by atoms with Crippen LogP contribution >= 0.6 is 11.3 Å². The highest BCUT2D eigenvalue weighted by Gasteiger charge is 2.12. The molecule has 3 rings (SSSR count). The Hall–Kier alpha value is -2.92. The average molecular weight is 437 g/mol. The maximum absolute atomic E-state index is 9.86. The summed E-state index contributed by atoms with van der Waals surface area (Å²) in [5.41, 5.74) is 14.4. The van der Waals surface area contributed by atoms with Crippen molar-refractivity contribution in [3.05, 3.63) is 58.4 Å². The van der Waals surface area contributed by atoms with Crippen molar-refractivity contribution in [3.63, 3.8) is 0 Å². The first-order valence-corrected chi connectivity index (χ1v) is 10.9. The number of aliphatic hydroxyl groups is 1. The molecule has 0 aliphatic rings. The fourth-order valence-corrected chi connectivity index (χ4v) is 3.72. The molecule has 7 heteroatoms. The van der Waals surface area contributed by atoms with Gasteiger partial charge in [-0.3, -0.25) is 0 Å². The number of aromatic nitrogens is 2. The summed E-state index contributed by atoms with van der Waals surface area (Å²) in [7, 11) is 0. The van der Waals surface area contributed by atoms with E-state index in [2.05, 4.69) is 35.7 Å². The summed E-state index contributed by atoms with van der Waals surface area (Å²) in [5.74, 6) is 7.04. The van der Waals surface area contributed by atoms with Gasteiger partial charge in [-0.05, 0) is 43.2 Å². The van der Waals surface area contributed by atoms with E-state index >= 15 is 0 Å². The number of nitrogens with zero attached hydrogens (tertiary/aromatic N) is 2. The molecule has 3 aromatic rings. The summed E-state index contributed by atoms with van der Waals surface area (Å²) in [6.45, 7) is 8.20. The number of pyridine rings is 1. The standard InChI is InChI=1S/C24H28N4O2S/c1-15(2)23-28-13-21(31-23)19-10-20(22(26)27-12-19)30-14-18-8-16(5-6-24(3,4)29)7-17(9-18)11-25/h7-10,12-13,15,29H,11,14,25H2,1-4H3,(H2,26,27). The minimum Gasteiger partial charge on any atom is -0.485 e. The Labute approximate surface area is 187 Å². The lowest BCUT2D eigenvalue weighted by molar-refractivity contribution is 0.143. The number of nitrogen functional groups attached to an aromatic ring is 1. The maximum Gasteiger partial charge on any atom is 0.166 e. The zero-order chi connectivity index (χ0) is 22.6. The van der Waals surface area contributed by atoms with Gasteiger partial charge in [0.2, 0.25) is 0 Å². The third-order valence-electron chi connectivity index (χ3n) is 4.38. The Morgan fingerprint density at radius 1 is 1.13 bits per heavy atom. The second kappa shape index (κ2) is 9.48. The number of benzene rings is 1. The van der Waals surface area contributed by atoms with Crippen molar-refractivity contribution in [2.45, 2.75) is 52.4 Å². The van der Waals surface area contributed by atoms with Crippen LogP contribution in [0.5, 0.6) is 5.75 Å². The molecule has 0 atom stereocenters. The minimum absolute atomic E-state index is 0.292. The van der Waals surface area contributed by atoms with Gasteiger partial charge in [0.1, 0.15) is 12.2 Å². The molecular formula is C24H28N4O2S. The third-order valence-corrected chi connectivity index (χ3v) is 5.73. The molecule has 0 aliphatic carbocycles. The van der Waals surface area contributed by atoms with Crippen molar-refractivity contribution in [3.8, 4) is 28.0 Å². The van der Waals surface area contributed by atoms with E-state index in [1.54, 1.807) is 31.4 Å². The first kappa shape index (κ1) is 22.8. The smallest absolute Gasteiger partial charge is 0.166 e. The molecule has 6 nitrogen and oxygen atoms in total. The Kier molecular flexibility index (Phi) is 6.96. The van der Waals surface area contributed by atoms with Crippen molar-refractivity contribution < 1.29 is 9.84 Å². The van der Waals surface area contributed by atoms with Gasteiger partial charge in [-0.1, -0.05) is 31.8 Å². The predicted octanol–water partition coefficient (Wildman–Crippen LogP) is 4.07. The molecule has 162 valence electrons. The highest BCUT2D eigenvalue weighted by atomic mass is 32.1. The van der Waals surface area contributed by atoms with E-state index in [1.165, 1.54) is 0 Å². The first-order chi connectivity index (χ1) is 14.6. The SMILES string of the molecule is CC(C)c1ncc(-c2cnc(N)c(OCc3cc(C#CC(C)(C)O)cc(CN)c3)c2)s1. The van der Waals surface area contributed by atoms with Crippen LogP contribution in [0.2, 0.25) is 0 Å². The highest BCUT2D eigenvalue weighted by molar-refractivity contribution is 7.15. The molecule has 2 aromatic heterocycles. The zero-order valence-corrected chi connectivity index (χ0v) is 19.1. The fraction of sp³-hybridized carbons (Fsp3) is 0.333. The Balaban J connectivity index is 1.82. The fourth-order valence-electron chi connectivity index (χ4n) is 2.82. The molecule has 0 saturated carbocycles. The van der Waals surface area contributed by atoms with Gasteiger partial charge in [-0.15, -0.1) is 11.3 Å². The number of thiazole rings is 1. The summed E-state index contributed by atoms with van der Waals surface area (Å²) in [4.78, 5) is 9.79. The summed E-state index contributed by atoms with van der Waals surface area (Å²) in [5, 5.41) is 10.9. The van der Waals surface area contributed by atoms with Crippen LogP contribution in [0.15, 0.2) is 36.7 Å². The molecular weight excluding hydrogens is 408 g/mol. The number of rotatable bonds is 6. The first-order valence-electron chi connectivity index (χ1n) is 10.1. The lowest BCUT2D eigenvalue weighted by Crippen LogP contribution is -2.14. The van der Waals surface area contributed by atoms with Crippen LogP contribution in [0.25, 0.3) is 10.4 Å². The van der Waals surface area contributed by atoms with Crippen molar-refractivity contribution in [1.29, 1.82) is 0 Å². The average Bonchev–Trinajstić information content (AvgIpc) is 3.21. The van der Waals surface area contributed by atoms with Crippen molar-refractivity contribution in [2.24, 2.45) is 5.73 Å². The molecule has 0 aliphatic heterocycles. The van der Waals surface area contributed by atoms with Gasteiger partial charge in [0, 0.05) is 36.0 Å². The summed E-state index contributed by atoms with van der Waals surface area (Å²) < 4.78 is 6.00. The molecule has 0 spiro atoms. The summed E-state index contributed by atoms with van der Waals surface area (Å²) in [6.07, 6.45) is 3.59. The van der Waals surface area contributed by atoms with Crippen LogP contribution in [-0.2, 0) is 13.2 Å². The minimum atomic E-state index is -1.07. The van der Waals surface area contributed by atoms with E-state index in [0.717, 1.165) is 32.1 Å². The normalized spacial score (nSPS) is 11.3. The summed E-state index contributed by atoms with van der Waals surface area (Å²) >= 11 is 1.64. The summed E-state index contributed by atoms with van der Waals surface area (Å²) in [6, 6.07) is 7.70. The Bertz CT molecular complexity index is 1120. The van der Waals surface area contributed by atoms with Crippen LogP contribution in [-0.4, -0.2) is 20.7 Å².